The number of hydrogen-bond acceptors (Lipinski definition) is 6. The molecule has 1 amide bonds. The van der Waals surface area contributed by atoms with E-state index in [9.17, 15) is 4.79 Å². The summed E-state index contributed by atoms with van der Waals surface area (Å²) in [5.74, 6) is 1.32. The minimum Gasteiger partial charge on any atom is -0.369 e. The molecule has 2 aromatic heterocycles. The molecule has 0 aliphatic carbocycles. The SMILES string of the molecule is O=C(NC[C@H]1[C@H]2CN(c3ncccn3)C[C@]23CC[C@H]1O3)c1cc2ccccc2cn1. The molecular formula is C23H23N5O2. The third kappa shape index (κ3) is 2.76. The highest BCUT2D eigenvalue weighted by Crippen LogP contribution is 2.54. The van der Waals surface area contributed by atoms with Crippen LogP contribution in [0, 0.1) is 11.8 Å². The van der Waals surface area contributed by atoms with Crippen LogP contribution in [0.4, 0.5) is 5.95 Å². The van der Waals surface area contributed by atoms with Crippen molar-refractivity contribution in [1.82, 2.24) is 20.3 Å². The lowest BCUT2D eigenvalue weighted by Gasteiger charge is -2.29. The first-order valence-corrected chi connectivity index (χ1v) is 10.5. The first kappa shape index (κ1) is 17.8. The smallest absolute Gasteiger partial charge is 0.269 e. The van der Waals surface area contributed by atoms with Crippen molar-refractivity contribution in [1.29, 1.82) is 0 Å². The molecule has 7 heteroatoms. The molecule has 4 atom stereocenters. The summed E-state index contributed by atoms with van der Waals surface area (Å²) < 4.78 is 6.48. The average molecular weight is 401 g/mol. The van der Waals surface area contributed by atoms with Crippen molar-refractivity contribution in [2.45, 2.75) is 24.5 Å². The number of pyridine rings is 1. The van der Waals surface area contributed by atoms with Gasteiger partial charge in [-0.25, -0.2) is 9.97 Å². The molecular weight excluding hydrogens is 378 g/mol. The molecule has 1 N–H and O–H groups in total. The van der Waals surface area contributed by atoms with Crippen molar-refractivity contribution in [3.63, 3.8) is 0 Å². The van der Waals surface area contributed by atoms with Crippen LogP contribution in [-0.2, 0) is 4.74 Å². The van der Waals surface area contributed by atoms with Gasteiger partial charge in [0.05, 0.1) is 18.2 Å². The summed E-state index contributed by atoms with van der Waals surface area (Å²) in [5.41, 5.74) is 0.332. The van der Waals surface area contributed by atoms with Crippen molar-refractivity contribution < 1.29 is 9.53 Å². The van der Waals surface area contributed by atoms with Gasteiger partial charge in [0, 0.05) is 48.9 Å². The Morgan fingerprint density at radius 3 is 2.87 bits per heavy atom. The number of benzene rings is 1. The number of anilines is 1. The number of rotatable bonds is 4. The minimum atomic E-state index is -0.126. The van der Waals surface area contributed by atoms with E-state index in [1.165, 1.54) is 0 Å². The van der Waals surface area contributed by atoms with Gasteiger partial charge in [0.2, 0.25) is 5.95 Å². The number of ether oxygens (including phenoxy) is 1. The van der Waals surface area contributed by atoms with E-state index >= 15 is 0 Å². The number of nitrogens with zero attached hydrogens (tertiary/aromatic N) is 4. The van der Waals surface area contributed by atoms with Gasteiger partial charge in [0.1, 0.15) is 5.69 Å². The predicted molar refractivity (Wildman–Crippen MR) is 112 cm³/mol. The molecule has 3 aromatic rings. The van der Waals surface area contributed by atoms with Gasteiger partial charge in [-0.3, -0.25) is 9.78 Å². The highest BCUT2D eigenvalue weighted by molar-refractivity contribution is 5.96. The first-order valence-electron chi connectivity index (χ1n) is 10.5. The van der Waals surface area contributed by atoms with E-state index in [0.717, 1.165) is 42.7 Å². The summed E-state index contributed by atoms with van der Waals surface area (Å²) in [5, 5.41) is 5.18. The van der Waals surface area contributed by atoms with Crippen LogP contribution in [0.1, 0.15) is 23.3 Å². The summed E-state index contributed by atoms with van der Waals surface area (Å²) in [6, 6.07) is 11.6. The zero-order valence-electron chi connectivity index (χ0n) is 16.6. The Morgan fingerprint density at radius 1 is 1.17 bits per heavy atom. The molecule has 3 aliphatic heterocycles. The van der Waals surface area contributed by atoms with E-state index in [0.29, 0.717) is 24.1 Å². The van der Waals surface area contributed by atoms with E-state index in [2.05, 4.69) is 25.2 Å². The molecule has 6 rings (SSSR count). The summed E-state index contributed by atoms with van der Waals surface area (Å²) in [6.45, 7) is 2.30. The van der Waals surface area contributed by atoms with E-state index in [1.807, 2.05) is 36.4 Å². The lowest BCUT2D eigenvalue weighted by Crippen LogP contribution is -2.42. The van der Waals surface area contributed by atoms with Crippen LogP contribution in [0.3, 0.4) is 0 Å². The Morgan fingerprint density at radius 2 is 2.00 bits per heavy atom. The molecule has 1 spiro atoms. The van der Waals surface area contributed by atoms with Gasteiger partial charge in [0.25, 0.3) is 5.91 Å². The molecule has 3 aliphatic rings. The van der Waals surface area contributed by atoms with Crippen molar-refractivity contribution in [3.8, 4) is 0 Å². The van der Waals surface area contributed by atoms with Crippen LogP contribution >= 0.6 is 0 Å². The number of aromatic nitrogens is 3. The van der Waals surface area contributed by atoms with Gasteiger partial charge in [0.15, 0.2) is 0 Å². The molecule has 2 bridgehead atoms. The summed E-state index contributed by atoms with van der Waals surface area (Å²) in [6.07, 6.45) is 7.66. The Kier molecular flexibility index (Phi) is 3.99. The molecule has 0 radical (unpaired) electrons. The lowest BCUT2D eigenvalue weighted by molar-refractivity contribution is 0.0141. The van der Waals surface area contributed by atoms with E-state index in [1.54, 1.807) is 18.6 Å². The molecule has 0 unspecified atom stereocenters. The predicted octanol–water partition coefficient (Wildman–Crippen LogP) is 2.44. The normalized spacial score (nSPS) is 29.3. The maximum Gasteiger partial charge on any atom is 0.269 e. The largest absolute Gasteiger partial charge is 0.369 e. The fourth-order valence-electron chi connectivity index (χ4n) is 5.58. The average Bonchev–Trinajstić information content (AvgIpc) is 3.46. The highest BCUT2D eigenvalue weighted by Gasteiger charge is 2.63. The highest BCUT2D eigenvalue weighted by atomic mass is 16.5. The van der Waals surface area contributed by atoms with Crippen LogP contribution in [0.5, 0.6) is 0 Å². The fourth-order valence-corrected chi connectivity index (χ4v) is 5.58. The third-order valence-corrected chi connectivity index (χ3v) is 6.98. The van der Waals surface area contributed by atoms with Gasteiger partial charge in [-0.05, 0) is 30.4 Å². The van der Waals surface area contributed by atoms with Gasteiger partial charge in [-0.15, -0.1) is 0 Å². The molecule has 5 heterocycles. The number of carbonyl (C=O) groups excluding carboxylic acids is 1. The molecule has 3 saturated heterocycles. The summed E-state index contributed by atoms with van der Waals surface area (Å²) in [7, 11) is 0. The van der Waals surface area contributed by atoms with Crippen LogP contribution < -0.4 is 10.2 Å². The van der Waals surface area contributed by atoms with Crippen molar-refractivity contribution in [2.75, 3.05) is 24.5 Å². The topological polar surface area (TPSA) is 80.2 Å². The second-order valence-electron chi connectivity index (χ2n) is 8.59. The van der Waals surface area contributed by atoms with E-state index in [4.69, 9.17) is 4.74 Å². The zero-order chi connectivity index (χ0) is 20.1. The van der Waals surface area contributed by atoms with E-state index in [-0.39, 0.29) is 17.6 Å². The van der Waals surface area contributed by atoms with Crippen molar-refractivity contribution >= 4 is 22.6 Å². The van der Waals surface area contributed by atoms with Crippen LogP contribution in [0.2, 0.25) is 0 Å². The standard InChI is InChI=1S/C23H23N5O2/c29-21(19-10-15-4-1-2-5-16(15)11-26-19)27-12-17-18-13-28(22-24-8-3-9-25-22)14-23(18)7-6-20(17)30-23/h1-5,8-11,17-18,20H,6-7,12-14H2,(H,27,29)/t17-,18+,20+,23+/m0/s1. The Balaban J connectivity index is 1.17. The van der Waals surface area contributed by atoms with Gasteiger partial charge >= 0.3 is 0 Å². The van der Waals surface area contributed by atoms with Gasteiger partial charge in [-0.2, -0.15) is 0 Å². The number of hydrogen-bond donors (Lipinski definition) is 1. The monoisotopic (exact) mass is 401 g/mol. The quantitative estimate of drug-likeness (QED) is 0.723. The Hall–Kier alpha value is -3.06. The summed E-state index contributed by atoms with van der Waals surface area (Å²) in [4.78, 5) is 28.2. The zero-order valence-corrected chi connectivity index (χ0v) is 16.6. The van der Waals surface area contributed by atoms with Crippen molar-refractivity contribution in [3.05, 3.63) is 60.7 Å². The molecule has 1 aromatic carbocycles. The van der Waals surface area contributed by atoms with Gasteiger partial charge < -0.3 is 15.0 Å². The maximum atomic E-state index is 12.8. The lowest BCUT2D eigenvalue weighted by atomic mass is 9.73. The number of carbonyl (C=O) groups is 1. The second kappa shape index (κ2) is 6.74. The van der Waals surface area contributed by atoms with Crippen LogP contribution in [-0.4, -0.2) is 52.2 Å². The number of fused-ring (bicyclic) bond motifs is 2. The summed E-state index contributed by atoms with van der Waals surface area (Å²) >= 11 is 0. The minimum absolute atomic E-state index is 0.125. The number of nitrogens with one attached hydrogen (secondary N) is 1. The van der Waals surface area contributed by atoms with Crippen LogP contribution in [0.25, 0.3) is 10.8 Å². The molecule has 152 valence electrons. The van der Waals surface area contributed by atoms with Gasteiger partial charge in [-0.1, -0.05) is 24.3 Å². The second-order valence-corrected chi connectivity index (χ2v) is 8.59. The van der Waals surface area contributed by atoms with Crippen LogP contribution in [0.15, 0.2) is 55.0 Å². The Bertz CT molecular complexity index is 1110. The molecule has 7 nitrogen and oxygen atoms in total. The Labute approximate surface area is 174 Å². The van der Waals surface area contributed by atoms with E-state index < -0.39 is 0 Å². The first-order chi connectivity index (χ1) is 14.7. The molecule has 0 saturated carbocycles. The maximum absolute atomic E-state index is 12.8. The number of amides is 1. The van der Waals surface area contributed by atoms with Crippen molar-refractivity contribution in [2.24, 2.45) is 11.8 Å². The third-order valence-electron chi connectivity index (χ3n) is 6.98. The fraction of sp³-hybridized carbons (Fsp3) is 0.391. The molecule has 30 heavy (non-hydrogen) atoms. The molecule has 3 fully saturated rings.